The lowest BCUT2D eigenvalue weighted by molar-refractivity contribution is 0.0531. The molecule has 0 radical (unpaired) electrons. The van der Waals surface area contributed by atoms with Gasteiger partial charge in [-0.25, -0.2) is 4.79 Å². The Balaban J connectivity index is 0.000000344. The molecular formula is C11H23NO2. The van der Waals surface area contributed by atoms with Crippen LogP contribution in [0.5, 0.6) is 0 Å². The smallest absolute Gasteiger partial charge is 0.407 e. The van der Waals surface area contributed by atoms with Gasteiger partial charge in [-0.15, -0.1) is 0 Å². The Bertz CT molecular complexity index is 169. The number of carbonyl (C=O) groups excluding carboxylic acids is 1. The highest BCUT2D eigenvalue weighted by Crippen LogP contribution is 2.26. The van der Waals surface area contributed by atoms with Gasteiger partial charge in [0.15, 0.2) is 0 Å². The first-order valence-electron chi connectivity index (χ1n) is 5.32. The van der Waals surface area contributed by atoms with Crippen molar-refractivity contribution in [1.82, 2.24) is 5.32 Å². The first kappa shape index (κ1) is 13.3. The second-order valence-electron chi connectivity index (χ2n) is 4.71. The maximum Gasteiger partial charge on any atom is 0.407 e. The highest BCUT2D eigenvalue weighted by molar-refractivity contribution is 5.67. The van der Waals surface area contributed by atoms with Crippen LogP contribution >= 0.6 is 0 Å². The van der Waals surface area contributed by atoms with Gasteiger partial charge in [0.05, 0.1) is 0 Å². The van der Waals surface area contributed by atoms with Crippen molar-refractivity contribution in [1.29, 1.82) is 0 Å². The van der Waals surface area contributed by atoms with Gasteiger partial charge >= 0.3 is 6.09 Å². The molecule has 0 aliphatic heterocycles. The highest BCUT2D eigenvalue weighted by atomic mass is 16.6. The van der Waals surface area contributed by atoms with Gasteiger partial charge in [-0.2, -0.15) is 0 Å². The number of hydrogen-bond acceptors (Lipinski definition) is 2. The van der Waals surface area contributed by atoms with E-state index < -0.39 is 0 Å². The minimum atomic E-state index is -0.390. The summed E-state index contributed by atoms with van der Waals surface area (Å²) in [6.45, 7) is 10.2. The van der Waals surface area contributed by atoms with Crippen molar-refractivity contribution in [2.45, 2.75) is 53.1 Å². The molecule has 0 bridgehead atoms. The van der Waals surface area contributed by atoms with Gasteiger partial charge in [-0.05, 0) is 33.6 Å². The maximum atomic E-state index is 10.7. The molecule has 0 saturated heterocycles. The van der Waals surface area contributed by atoms with Gasteiger partial charge in [-0.1, -0.05) is 19.8 Å². The largest absolute Gasteiger partial charge is 0.444 e. The number of nitrogens with one attached hydrogen (secondary N) is 1. The van der Waals surface area contributed by atoms with Gasteiger partial charge < -0.3 is 10.1 Å². The molecule has 1 aliphatic rings. The van der Waals surface area contributed by atoms with E-state index in [-0.39, 0.29) is 11.7 Å². The summed E-state index contributed by atoms with van der Waals surface area (Å²) in [4.78, 5) is 10.7. The van der Waals surface area contributed by atoms with Crippen molar-refractivity contribution in [3.05, 3.63) is 0 Å². The molecule has 0 heterocycles. The molecular weight excluding hydrogens is 178 g/mol. The van der Waals surface area contributed by atoms with E-state index in [1.807, 2.05) is 27.7 Å². The molecule has 0 aromatic carbocycles. The molecule has 14 heavy (non-hydrogen) atoms. The quantitative estimate of drug-likeness (QED) is 0.708. The van der Waals surface area contributed by atoms with Gasteiger partial charge in [-0.3, -0.25) is 0 Å². The topological polar surface area (TPSA) is 38.3 Å². The van der Waals surface area contributed by atoms with Crippen molar-refractivity contribution < 1.29 is 9.53 Å². The molecule has 0 atom stereocenters. The second-order valence-corrected chi connectivity index (χ2v) is 4.71. The Labute approximate surface area is 87.2 Å². The Kier molecular flexibility index (Phi) is 5.58. The molecule has 3 nitrogen and oxygen atoms in total. The maximum absolute atomic E-state index is 10.7. The van der Waals surface area contributed by atoms with E-state index in [1.54, 1.807) is 0 Å². The second kappa shape index (κ2) is 5.89. The summed E-state index contributed by atoms with van der Waals surface area (Å²) in [6.07, 6.45) is 2.62. The average Bonchev–Trinajstić information content (AvgIpc) is 2.69. The minimum absolute atomic E-state index is 0.352. The summed E-state index contributed by atoms with van der Waals surface area (Å²) < 4.78 is 4.93. The zero-order valence-corrected chi connectivity index (χ0v) is 10.0. The molecule has 0 unspecified atom stereocenters. The van der Waals surface area contributed by atoms with Crippen LogP contribution in [0.25, 0.3) is 0 Å². The zero-order valence-electron chi connectivity index (χ0n) is 10.0. The third kappa shape index (κ3) is 11.3. The monoisotopic (exact) mass is 201 g/mol. The lowest BCUT2D eigenvalue weighted by Gasteiger charge is -2.19. The summed E-state index contributed by atoms with van der Waals surface area (Å²) >= 11 is 0. The number of hydrogen-bond donors (Lipinski definition) is 1. The number of carbonyl (C=O) groups is 1. The van der Waals surface area contributed by atoms with E-state index >= 15 is 0 Å². The van der Waals surface area contributed by atoms with Crippen LogP contribution in [0.15, 0.2) is 0 Å². The van der Waals surface area contributed by atoms with Crippen molar-refractivity contribution in [3.63, 3.8) is 0 Å². The van der Waals surface area contributed by atoms with Crippen molar-refractivity contribution in [2.24, 2.45) is 5.92 Å². The van der Waals surface area contributed by atoms with Gasteiger partial charge in [0, 0.05) is 6.54 Å². The van der Waals surface area contributed by atoms with Crippen LogP contribution in [0.3, 0.4) is 0 Å². The normalized spacial score (nSPS) is 15.2. The number of rotatable bonds is 1. The van der Waals surface area contributed by atoms with E-state index in [2.05, 4.69) is 12.2 Å². The predicted molar refractivity (Wildman–Crippen MR) is 58.3 cm³/mol. The molecule has 1 aliphatic carbocycles. The third-order valence-electron chi connectivity index (χ3n) is 1.59. The minimum Gasteiger partial charge on any atom is -0.444 e. The van der Waals surface area contributed by atoms with Gasteiger partial charge in [0.25, 0.3) is 0 Å². The van der Waals surface area contributed by atoms with E-state index in [9.17, 15) is 4.79 Å². The van der Waals surface area contributed by atoms with Crippen LogP contribution in [0.2, 0.25) is 0 Å². The van der Waals surface area contributed by atoms with Gasteiger partial charge in [0.2, 0.25) is 0 Å². The summed E-state index contributed by atoms with van der Waals surface area (Å²) in [5.74, 6) is 1.08. The zero-order chi connectivity index (χ0) is 11.2. The molecule has 1 N–H and O–H groups in total. The highest BCUT2D eigenvalue weighted by Gasteiger charge is 2.14. The predicted octanol–water partition coefficient (Wildman–Crippen LogP) is 2.95. The van der Waals surface area contributed by atoms with Crippen molar-refractivity contribution in [2.75, 3.05) is 6.54 Å². The third-order valence-corrected chi connectivity index (χ3v) is 1.59. The van der Waals surface area contributed by atoms with Crippen molar-refractivity contribution >= 4 is 6.09 Å². The SMILES string of the molecule is CC1CC1.CCNC(=O)OC(C)(C)C. The average molecular weight is 201 g/mol. The van der Waals surface area contributed by atoms with Gasteiger partial charge in [0.1, 0.15) is 5.60 Å². The lowest BCUT2D eigenvalue weighted by atomic mass is 10.2. The van der Waals surface area contributed by atoms with E-state index in [0.29, 0.717) is 6.54 Å². The molecule has 1 amide bonds. The Morgan fingerprint density at radius 2 is 1.86 bits per heavy atom. The molecule has 1 saturated carbocycles. The lowest BCUT2D eigenvalue weighted by Crippen LogP contribution is -2.32. The Morgan fingerprint density at radius 1 is 1.43 bits per heavy atom. The fourth-order valence-corrected chi connectivity index (χ4v) is 0.625. The molecule has 1 fully saturated rings. The van der Waals surface area contributed by atoms with Crippen LogP contribution in [-0.2, 0) is 4.74 Å². The number of alkyl carbamates (subject to hydrolysis) is 1. The van der Waals surface area contributed by atoms with Crippen molar-refractivity contribution in [3.8, 4) is 0 Å². The summed E-state index contributed by atoms with van der Waals surface area (Å²) in [5, 5.41) is 2.54. The van der Waals surface area contributed by atoms with Crippen LogP contribution in [-0.4, -0.2) is 18.2 Å². The van der Waals surface area contributed by atoms with Crippen LogP contribution < -0.4 is 5.32 Å². The Morgan fingerprint density at radius 3 is 2.07 bits per heavy atom. The van der Waals surface area contributed by atoms with E-state index in [1.165, 1.54) is 12.8 Å². The van der Waals surface area contributed by atoms with Crippen LogP contribution in [0.4, 0.5) is 4.79 Å². The van der Waals surface area contributed by atoms with E-state index in [4.69, 9.17) is 4.74 Å². The summed E-state index contributed by atoms with van der Waals surface area (Å²) in [6, 6.07) is 0. The number of ether oxygens (including phenoxy) is 1. The fraction of sp³-hybridized carbons (Fsp3) is 0.909. The number of amides is 1. The summed E-state index contributed by atoms with van der Waals surface area (Å²) in [5.41, 5.74) is -0.390. The van der Waals surface area contributed by atoms with E-state index in [0.717, 1.165) is 5.92 Å². The van der Waals surface area contributed by atoms with Crippen LogP contribution in [0, 0.1) is 5.92 Å². The first-order chi connectivity index (χ1) is 6.35. The summed E-state index contributed by atoms with van der Waals surface area (Å²) in [7, 11) is 0. The molecule has 3 heteroatoms. The molecule has 0 aromatic heterocycles. The molecule has 0 spiro atoms. The Hall–Kier alpha value is -0.730. The molecule has 84 valence electrons. The standard InChI is InChI=1S/C7H15NO2.C4H8/c1-5-8-6(9)10-7(2,3)4;1-4-2-3-4/h5H2,1-4H3,(H,8,9);4H,2-3H2,1H3. The fourth-order valence-electron chi connectivity index (χ4n) is 0.625. The molecule has 0 aromatic rings. The first-order valence-corrected chi connectivity index (χ1v) is 5.32. The van der Waals surface area contributed by atoms with Crippen LogP contribution in [0.1, 0.15) is 47.5 Å². The molecule has 1 rings (SSSR count).